The molecule has 39 heteroatoms. The molecule has 5 heterocycles. The van der Waals surface area contributed by atoms with Gasteiger partial charge >= 0.3 is 12.4 Å². The molecule has 2 fully saturated rings. The SMILES string of the molecule is CN(C)[C@H]1C[C@@H](c2cccc(C(F)(F)F)c2)CC[C@@H]1N1CCCc2cc(S(=O)(=O)Nc3ccncn3)c(F)cc21.COc1ccc(CN(c2ccncn2)S(=O)(=O)c2cc(C#CCO)c(F)cc2F)c(OC)c1.COc1ccc(CN(c2ccncn2)S(=O)(=O)c2cc3c(cc2F)N([C@H]2CC[C@H](c4cccc(C(F)(F)F)c4)C[C@@H]2N(C)C)CCC3)c(OC)c1.O=CO. The van der Waals surface area contributed by atoms with Crippen molar-refractivity contribution in [2.24, 2.45) is 0 Å². The van der Waals surface area contributed by atoms with Crippen molar-refractivity contribution in [1.82, 2.24) is 39.7 Å². The Hall–Kier alpha value is -12.0. The number of sulfonamides is 3. The number of methoxy groups -OCH3 is 4. The van der Waals surface area contributed by atoms with E-state index < -0.39 is 98.1 Å². The summed E-state index contributed by atoms with van der Waals surface area (Å²) in [5, 5.41) is 15.7. The molecular formula is C88H93F10N13O13S3. The third-order valence-corrected chi connectivity index (χ3v) is 27.4. The number of alkyl halides is 6. The molecule has 0 unspecified atom stereocenters. The number of carbonyl (C=O) groups is 1. The van der Waals surface area contributed by atoms with Crippen molar-refractivity contribution in [3.8, 4) is 34.8 Å². The predicted octanol–water partition coefficient (Wildman–Crippen LogP) is 14.7. The van der Waals surface area contributed by atoms with E-state index in [1.165, 1.54) is 126 Å². The average molecular weight is 1830 g/mol. The number of hydrogen-bond acceptors (Lipinski definition) is 22. The predicted molar refractivity (Wildman–Crippen MR) is 454 cm³/mol. The van der Waals surface area contributed by atoms with E-state index in [0.29, 0.717) is 133 Å². The number of aliphatic hydroxyl groups excluding tert-OH is 1. The first-order valence-electron chi connectivity index (χ1n) is 39.8. The minimum Gasteiger partial charge on any atom is -0.497 e. The van der Waals surface area contributed by atoms with E-state index in [2.05, 4.69) is 66.1 Å². The van der Waals surface area contributed by atoms with Gasteiger partial charge < -0.3 is 48.8 Å². The monoisotopic (exact) mass is 1830 g/mol. The normalized spacial score (nSPS) is 17.6. The number of aromatic nitrogens is 6. The molecule has 2 saturated carbocycles. The van der Waals surface area contributed by atoms with Crippen molar-refractivity contribution in [1.29, 1.82) is 0 Å². The number of nitrogens with zero attached hydrogens (tertiary/aromatic N) is 12. The highest BCUT2D eigenvalue weighted by Gasteiger charge is 2.43. The number of carboxylic acid groups (broad SMARTS) is 1. The highest BCUT2D eigenvalue weighted by molar-refractivity contribution is 7.93. The molecule has 0 saturated heterocycles. The van der Waals surface area contributed by atoms with Crippen molar-refractivity contribution in [2.45, 2.75) is 140 Å². The molecule has 0 spiro atoms. The van der Waals surface area contributed by atoms with Crippen LogP contribution in [0.2, 0.25) is 0 Å². The van der Waals surface area contributed by atoms with E-state index in [1.54, 1.807) is 48.5 Å². The molecule has 10 aromatic rings. The molecule has 0 bridgehead atoms. The lowest BCUT2D eigenvalue weighted by Crippen LogP contribution is -2.54. The summed E-state index contributed by atoms with van der Waals surface area (Å²) in [4.78, 5) is 38.6. The smallest absolute Gasteiger partial charge is 0.416 e. The van der Waals surface area contributed by atoms with Gasteiger partial charge in [0.2, 0.25) is 0 Å². The number of aliphatic hydroxyl groups is 1. The number of likely N-dealkylation sites (N-methyl/N-ethyl adjacent to an activating group) is 2. The summed E-state index contributed by atoms with van der Waals surface area (Å²) in [5.41, 5.74) is 3.36. The van der Waals surface area contributed by atoms with Gasteiger partial charge in [0.25, 0.3) is 36.5 Å². The third-order valence-electron chi connectivity index (χ3n) is 22.5. The number of hydrogen-bond donors (Lipinski definition) is 3. The first kappa shape index (κ1) is 95.7. The van der Waals surface area contributed by atoms with Crippen LogP contribution in [0.4, 0.5) is 72.7 Å². The van der Waals surface area contributed by atoms with Crippen LogP contribution >= 0.6 is 0 Å². The van der Waals surface area contributed by atoms with Gasteiger partial charge in [0, 0.05) is 109 Å². The quantitative estimate of drug-likeness (QED) is 0.0304. The fourth-order valence-electron chi connectivity index (χ4n) is 16.4. The summed E-state index contributed by atoms with van der Waals surface area (Å²) < 4.78 is 249. The van der Waals surface area contributed by atoms with E-state index >= 15 is 8.78 Å². The van der Waals surface area contributed by atoms with Crippen LogP contribution < -0.4 is 42.1 Å². The zero-order chi connectivity index (χ0) is 91.9. The largest absolute Gasteiger partial charge is 0.497 e. The number of fused-ring (bicyclic) bond motifs is 2. The van der Waals surface area contributed by atoms with Gasteiger partial charge in [-0.2, -0.15) is 26.3 Å². The van der Waals surface area contributed by atoms with Crippen LogP contribution in [0.3, 0.4) is 0 Å². The van der Waals surface area contributed by atoms with Gasteiger partial charge in [-0.15, -0.1) is 0 Å². The molecule has 6 atom stereocenters. The topological polar surface area (TPSA) is 306 Å². The highest BCUT2D eigenvalue weighted by atomic mass is 32.2. The molecule has 2 aliphatic heterocycles. The van der Waals surface area contributed by atoms with Gasteiger partial charge in [0.05, 0.1) is 58.2 Å². The fraction of sp³-hybridized carbons (Fsp3) is 0.352. The van der Waals surface area contributed by atoms with Crippen LogP contribution in [0.25, 0.3) is 0 Å². The molecule has 7 aromatic carbocycles. The molecule has 26 nitrogen and oxygen atoms in total. The zero-order valence-corrected chi connectivity index (χ0v) is 72.6. The second-order valence-corrected chi connectivity index (χ2v) is 35.7. The minimum atomic E-state index is -4.60. The Morgan fingerprint density at radius 3 is 1.35 bits per heavy atom. The molecule has 2 aliphatic carbocycles. The third kappa shape index (κ3) is 22.7. The van der Waals surface area contributed by atoms with Gasteiger partial charge in [-0.05, 0) is 199 Å². The van der Waals surface area contributed by atoms with Crippen LogP contribution in [-0.4, -0.2) is 182 Å². The van der Waals surface area contributed by atoms with Crippen LogP contribution in [0.5, 0.6) is 23.0 Å². The molecule has 4 aliphatic rings. The standard InChI is InChI=1S/C37H41F4N5O4S.C28H31F4N5O2S.C22H19F2N3O5S.CH2O2/c1-44(2)33-18-25(24-7-5-9-28(17-24)37(39,40)41)11-13-31(33)45-16-6-8-26-19-35(30(38)21-32(26)45)51(47,48)46(36-14-15-42-23-43-36)22-27-10-12-29(49-3)20-34(27)50-4;1-36(2)25-14-19(18-5-3-7-21(13-18)28(30,31)32)8-9-23(25)37-12-4-6-20-15-26(22(29)16-24(20)37)40(38,39)35-27-10-11-33-17-34-27;1-31-17-6-5-16(20(11-17)32-2)13-27(22-7-8-25-14-26-22)33(29,30)21-10-15(4-3-9-28)18(23)12-19(21)24;2-1-3/h5,7,9-10,12,14-15,17,19-21,23,25,31,33H,6,8,11,13,16,18,22H2,1-4H3;3,5,7,10-11,13,15-17,19,23,25H,4,6,8-9,12,14H2,1-2H3,(H,33,34,35);5-8,10-12,14,28H,9,13H2,1-2H3;1H,(H,2,3)/t25-,31-,33-;19-,23-,25-;;/m00../s1. The number of rotatable bonds is 23. The molecule has 0 amide bonds. The highest BCUT2D eigenvalue weighted by Crippen LogP contribution is 2.47. The maximum atomic E-state index is 16.3. The summed E-state index contributed by atoms with van der Waals surface area (Å²) >= 11 is 0. The van der Waals surface area contributed by atoms with Crippen molar-refractivity contribution in [3.05, 3.63) is 250 Å². The Kier molecular flexibility index (Phi) is 31.4. The number of nitrogens with one attached hydrogen (secondary N) is 1. The minimum absolute atomic E-state index is 0.00269. The van der Waals surface area contributed by atoms with Crippen molar-refractivity contribution in [3.63, 3.8) is 0 Å². The van der Waals surface area contributed by atoms with Gasteiger partial charge in [-0.25, -0.2) is 81.3 Å². The Morgan fingerprint density at radius 1 is 0.520 bits per heavy atom. The van der Waals surface area contributed by atoms with Crippen molar-refractivity contribution >= 4 is 65.4 Å². The Morgan fingerprint density at radius 2 is 0.945 bits per heavy atom. The van der Waals surface area contributed by atoms with Gasteiger partial charge in [-0.1, -0.05) is 48.2 Å². The van der Waals surface area contributed by atoms with Crippen LogP contribution in [0, 0.1) is 35.1 Å². The van der Waals surface area contributed by atoms with Crippen LogP contribution in [0.15, 0.2) is 192 Å². The van der Waals surface area contributed by atoms with E-state index in [1.807, 2.05) is 28.2 Å². The Balaban J connectivity index is 0.000000186. The van der Waals surface area contributed by atoms with Crippen molar-refractivity contribution < 1.29 is 103 Å². The van der Waals surface area contributed by atoms with Gasteiger partial charge in [-0.3, -0.25) is 9.52 Å². The zero-order valence-electron chi connectivity index (χ0n) is 70.1. The summed E-state index contributed by atoms with van der Waals surface area (Å²) in [7, 11) is 0.344. The van der Waals surface area contributed by atoms with Gasteiger partial charge in [0.15, 0.2) is 0 Å². The summed E-state index contributed by atoms with van der Waals surface area (Å²) in [6.07, 6.45) is 5.57. The van der Waals surface area contributed by atoms with E-state index in [-0.39, 0.29) is 78.6 Å². The summed E-state index contributed by atoms with van der Waals surface area (Å²) in [6, 6.07) is 31.7. The average Bonchev–Trinajstić information content (AvgIpc) is 0.749. The molecule has 0 radical (unpaired) electrons. The van der Waals surface area contributed by atoms with Gasteiger partial charge in [0.1, 0.15) is 104 Å². The molecule has 676 valence electrons. The molecular weight excluding hydrogens is 1730 g/mol. The van der Waals surface area contributed by atoms with Crippen LogP contribution in [0.1, 0.15) is 113 Å². The lowest BCUT2D eigenvalue weighted by molar-refractivity contribution is -0.138. The first-order valence-corrected chi connectivity index (χ1v) is 44.1. The maximum absolute atomic E-state index is 16.3. The Bertz CT molecular complexity index is 5920. The maximum Gasteiger partial charge on any atom is 0.416 e. The molecule has 14 rings (SSSR count). The van der Waals surface area contributed by atoms with E-state index in [4.69, 9.17) is 34.0 Å². The second-order valence-electron chi connectivity index (χ2n) is 30.4. The van der Waals surface area contributed by atoms with Crippen LogP contribution in [-0.2, 0) is 73.1 Å². The lowest BCUT2D eigenvalue weighted by Gasteiger charge is -2.48. The number of anilines is 5. The fourth-order valence-corrected chi connectivity index (χ4v) is 20.5. The second kappa shape index (κ2) is 41.7. The summed E-state index contributed by atoms with van der Waals surface area (Å²) in [5.74, 6) is 2.08. The summed E-state index contributed by atoms with van der Waals surface area (Å²) in [6.45, 7) is 0.00600. The lowest BCUT2D eigenvalue weighted by atomic mass is 9.77. The van der Waals surface area contributed by atoms with Crippen molar-refractivity contribution in [2.75, 3.05) is 99.5 Å². The molecule has 127 heavy (non-hydrogen) atoms. The van der Waals surface area contributed by atoms with E-state index in [9.17, 15) is 60.4 Å². The number of halogens is 10. The number of aryl methyl sites for hydroxylation is 2. The Labute approximate surface area is 729 Å². The van der Waals surface area contributed by atoms with E-state index in [0.717, 1.165) is 51.5 Å². The number of benzene rings is 7. The number of ether oxygens (including phenoxy) is 4. The molecule has 3 N–H and O–H groups in total. The first-order chi connectivity index (χ1) is 60.5. The molecule has 3 aromatic heterocycles.